The van der Waals surface area contributed by atoms with Gasteiger partial charge in [0, 0.05) is 13.3 Å². The molecule has 0 aromatic heterocycles. The molecule has 0 saturated heterocycles. The molecule has 0 bridgehead atoms. The lowest BCUT2D eigenvalue weighted by Crippen LogP contribution is -1.77. The average Bonchev–Trinajstić information content (AvgIpc) is 1.41. The third kappa shape index (κ3) is 3.63. The fourth-order valence-corrected chi connectivity index (χ4v) is 0.0816. The van der Waals surface area contributed by atoms with E-state index >= 15 is 0 Å². The van der Waals surface area contributed by atoms with Gasteiger partial charge in [0.25, 0.3) is 0 Å². The molecule has 2 nitrogen and oxygen atoms in total. The first-order valence-electron chi connectivity index (χ1n) is 1.43. The first-order chi connectivity index (χ1) is 2.41. The zero-order valence-electron chi connectivity index (χ0n) is 3.18. The molecule has 0 unspecified atom stereocenters. The van der Waals surface area contributed by atoms with Crippen LogP contribution in [0.1, 0.15) is 0 Å². The smallest absolute Gasteiger partial charge is 0.0779 e. The van der Waals surface area contributed by atoms with Crippen LogP contribution in [0, 0.1) is 0 Å². The normalized spacial score (nSPS) is 10.0. The van der Waals surface area contributed by atoms with E-state index in [0.717, 1.165) is 0 Å². The van der Waals surface area contributed by atoms with E-state index in [4.69, 9.17) is 5.11 Å². The molecule has 0 saturated carbocycles. The van der Waals surface area contributed by atoms with Crippen molar-refractivity contribution in [3.8, 4) is 0 Å². The van der Waals surface area contributed by atoms with Gasteiger partial charge in [0.15, 0.2) is 0 Å². The maximum atomic E-state index is 7.92. The van der Waals surface area contributed by atoms with E-state index in [1.165, 1.54) is 6.21 Å². The Labute approximate surface area is 31.2 Å². The van der Waals surface area contributed by atoms with Crippen LogP contribution in [0.2, 0.25) is 0 Å². The van der Waals surface area contributed by atoms with Crippen LogP contribution in [-0.4, -0.2) is 25.0 Å². The summed E-state index contributed by atoms with van der Waals surface area (Å²) in [5.41, 5.74) is 0. The second kappa shape index (κ2) is 3.63. The zero-order valence-corrected chi connectivity index (χ0v) is 3.18. The minimum Gasteiger partial charge on any atom is -0.391 e. The van der Waals surface area contributed by atoms with Gasteiger partial charge in [0.1, 0.15) is 0 Å². The van der Waals surface area contributed by atoms with E-state index in [0.29, 0.717) is 0 Å². The van der Waals surface area contributed by atoms with Gasteiger partial charge in [0.05, 0.1) is 6.61 Å². The van der Waals surface area contributed by atoms with Gasteiger partial charge in [-0.1, -0.05) is 0 Å². The molecule has 30 valence electrons. The van der Waals surface area contributed by atoms with Gasteiger partial charge in [-0.3, -0.25) is 4.99 Å². The van der Waals surface area contributed by atoms with Gasteiger partial charge in [-0.25, -0.2) is 0 Å². The molecule has 0 aliphatic heterocycles. The summed E-state index contributed by atoms with van der Waals surface area (Å²) in [7, 11) is 1.62. The Balaban J connectivity index is 2.62. The van der Waals surface area contributed by atoms with Crippen LogP contribution in [0.5, 0.6) is 0 Å². The molecule has 0 aromatic carbocycles. The Hall–Kier alpha value is -0.370. The van der Waals surface area contributed by atoms with E-state index in [2.05, 4.69) is 4.99 Å². The van der Waals surface area contributed by atoms with Crippen molar-refractivity contribution in [2.75, 3.05) is 13.7 Å². The lowest BCUT2D eigenvalue weighted by Gasteiger charge is -1.66. The van der Waals surface area contributed by atoms with Crippen LogP contribution in [0.15, 0.2) is 4.99 Å². The number of nitrogens with zero attached hydrogens (tertiary/aromatic N) is 1. The summed E-state index contributed by atoms with van der Waals surface area (Å²) in [4.78, 5) is 3.48. The molecule has 0 radical (unpaired) electrons. The minimum atomic E-state index is 0.0521. The second-order valence-corrected chi connectivity index (χ2v) is 0.623. The molecule has 0 aliphatic carbocycles. The third-order valence-corrected chi connectivity index (χ3v) is 0.264. The van der Waals surface area contributed by atoms with Gasteiger partial charge in [-0.2, -0.15) is 0 Å². The Morgan fingerprint density at radius 3 is 2.60 bits per heavy atom. The molecule has 0 spiro atoms. The summed E-state index contributed by atoms with van der Waals surface area (Å²) in [6.45, 7) is 0.0521. The number of hydrogen-bond acceptors (Lipinski definition) is 2. The highest BCUT2D eigenvalue weighted by atomic mass is 16.2. The first-order valence-corrected chi connectivity index (χ1v) is 1.43. The highest BCUT2D eigenvalue weighted by molar-refractivity contribution is 5.57. The average molecular weight is 73.1 g/mol. The second-order valence-electron chi connectivity index (χ2n) is 0.623. The standard InChI is InChI=1S/C3H7NO/c1-4-2-3-5/h2,5H,3H2,1H3. The van der Waals surface area contributed by atoms with Gasteiger partial charge < -0.3 is 5.11 Å². The van der Waals surface area contributed by atoms with Gasteiger partial charge in [-0.15, -0.1) is 0 Å². The van der Waals surface area contributed by atoms with E-state index in [1.807, 2.05) is 0 Å². The fraction of sp³-hybridized carbons (Fsp3) is 0.667. The lowest BCUT2D eigenvalue weighted by atomic mass is 10.8. The summed E-state index contributed by atoms with van der Waals surface area (Å²) in [6, 6.07) is 0. The maximum absolute atomic E-state index is 7.92. The summed E-state index contributed by atoms with van der Waals surface area (Å²) in [5.74, 6) is 0. The Bertz CT molecular complexity index is 33.9. The molecule has 0 fully saturated rings. The molecule has 0 heterocycles. The monoisotopic (exact) mass is 73.1 g/mol. The molecule has 1 N–H and O–H groups in total. The predicted octanol–water partition coefficient (Wildman–Crippen LogP) is -0.321. The summed E-state index contributed by atoms with van der Waals surface area (Å²) >= 11 is 0. The van der Waals surface area contributed by atoms with Crippen LogP contribution >= 0.6 is 0 Å². The quantitative estimate of drug-likeness (QED) is 0.424. The Kier molecular flexibility index (Phi) is 3.36. The maximum Gasteiger partial charge on any atom is 0.0779 e. The van der Waals surface area contributed by atoms with E-state index in [-0.39, 0.29) is 6.61 Å². The molecule has 0 amide bonds. The number of aliphatic hydroxyl groups is 1. The molecular formula is C3H7NO. The van der Waals surface area contributed by atoms with Crippen molar-refractivity contribution in [3.05, 3.63) is 0 Å². The fourth-order valence-electron chi connectivity index (χ4n) is 0.0816. The van der Waals surface area contributed by atoms with Crippen LogP contribution in [-0.2, 0) is 0 Å². The predicted molar refractivity (Wildman–Crippen MR) is 21.5 cm³/mol. The summed E-state index contributed by atoms with van der Waals surface area (Å²) < 4.78 is 0. The third-order valence-electron chi connectivity index (χ3n) is 0.264. The van der Waals surface area contributed by atoms with E-state index < -0.39 is 0 Å². The minimum absolute atomic E-state index is 0.0521. The van der Waals surface area contributed by atoms with Crippen molar-refractivity contribution in [2.45, 2.75) is 0 Å². The largest absolute Gasteiger partial charge is 0.391 e. The van der Waals surface area contributed by atoms with E-state index in [9.17, 15) is 0 Å². The highest BCUT2D eigenvalue weighted by Crippen LogP contribution is 1.44. The number of aliphatic hydroxyl groups excluding tert-OH is 1. The molecule has 5 heavy (non-hydrogen) atoms. The topological polar surface area (TPSA) is 32.6 Å². The van der Waals surface area contributed by atoms with E-state index in [1.54, 1.807) is 7.05 Å². The number of rotatable bonds is 1. The molecular weight excluding hydrogens is 66.0 g/mol. The van der Waals surface area contributed by atoms with Crippen molar-refractivity contribution in [3.63, 3.8) is 0 Å². The van der Waals surface area contributed by atoms with Crippen molar-refractivity contribution >= 4 is 6.21 Å². The zero-order chi connectivity index (χ0) is 4.12. The van der Waals surface area contributed by atoms with Crippen molar-refractivity contribution in [2.24, 2.45) is 4.99 Å². The van der Waals surface area contributed by atoms with Gasteiger partial charge in [-0.05, 0) is 0 Å². The molecule has 0 aliphatic rings. The lowest BCUT2D eigenvalue weighted by molar-refractivity contribution is 0.361. The van der Waals surface area contributed by atoms with Crippen LogP contribution in [0.25, 0.3) is 0 Å². The van der Waals surface area contributed by atoms with Crippen LogP contribution in [0.4, 0.5) is 0 Å². The molecule has 0 rings (SSSR count). The van der Waals surface area contributed by atoms with Crippen LogP contribution in [0.3, 0.4) is 0 Å². The summed E-state index contributed by atoms with van der Waals surface area (Å²) in [5, 5.41) is 7.92. The molecule has 0 atom stereocenters. The number of hydrogen-bond donors (Lipinski definition) is 1. The van der Waals surface area contributed by atoms with Crippen molar-refractivity contribution in [1.82, 2.24) is 0 Å². The van der Waals surface area contributed by atoms with Gasteiger partial charge in [0.2, 0.25) is 0 Å². The van der Waals surface area contributed by atoms with Crippen LogP contribution < -0.4 is 0 Å². The first kappa shape index (κ1) is 4.63. The SMILES string of the molecule is CN=CCO. The number of aliphatic imine (C=N–C) groups is 1. The molecule has 0 aromatic rings. The summed E-state index contributed by atoms with van der Waals surface area (Å²) in [6.07, 6.45) is 1.43. The van der Waals surface area contributed by atoms with Gasteiger partial charge >= 0.3 is 0 Å². The van der Waals surface area contributed by atoms with Crippen molar-refractivity contribution in [1.29, 1.82) is 0 Å². The highest BCUT2D eigenvalue weighted by Gasteiger charge is 1.53. The Morgan fingerprint density at radius 2 is 2.60 bits per heavy atom. The molecule has 2 heteroatoms. The Morgan fingerprint density at radius 1 is 2.00 bits per heavy atom. The van der Waals surface area contributed by atoms with Crippen molar-refractivity contribution < 1.29 is 5.11 Å².